The molecule has 5 nitrogen and oxygen atoms in total. The third kappa shape index (κ3) is 3.53. The normalized spacial score (nSPS) is 17.9. The van der Waals surface area contributed by atoms with Gasteiger partial charge in [-0.2, -0.15) is 0 Å². The topological polar surface area (TPSA) is 76.3 Å². The van der Waals surface area contributed by atoms with Gasteiger partial charge in [-0.15, -0.1) is 0 Å². The minimum absolute atomic E-state index is 0.0453. The average Bonchev–Trinajstić information content (AvgIpc) is 2.59. The van der Waals surface area contributed by atoms with E-state index >= 15 is 0 Å². The molecule has 1 saturated heterocycles. The number of pyridine rings is 1. The number of hydrogen-bond donors (Lipinski definition) is 1. The number of nitrogens with two attached hydrogens (primary N) is 1. The lowest BCUT2D eigenvalue weighted by molar-refractivity contribution is -0.138. The standard InChI is InChI=1S/C18H21N3O2S/c1-12-10-16(20-14-7-3-2-6-13(12)14)24-11-17(22)21-9-5-4-8-15(21)18(19)23/h2-3,6-7,10,15H,4-5,8-9,11H2,1H3,(H2,19,23)/t15-/m0/s1. The summed E-state index contributed by atoms with van der Waals surface area (Å²) < 4.78 is 0. The highest BCUT2D eigenvalue weighted by atomic mass is 32.2. The molecule has 2 N–H and O–H groups in total. The summed E-state index contributed by atoms with van der Waals surface area (Å²) in [5.41, 5.74) is 7.51. The van der Waals surface area contributed by atoms with Crippen molar-refractivity contribution in [3.8, 4) is 0 Å². The van der Waals surface area contributed by atoms with E-state index < -0.39 is 11.9 Å². The largest absolute Gasteiger partial charge is 0.368 e. The summed E-state index contributed by atoms with van der Waals surface area (Å²) in [5.74, 6) is -0.182. The maximum Gasteiger partial charge on any atom is 0.240 e. The molecular formula is C18H21N3O2S. The number of aromatic nitrogens is 1. The molecule has 1 atom stereocenters. The maximum atomic E-state index is 12.5. The van der Waals surface area contributed by atoms with Gasteiger partial charge in [0.05, 0.1) is 16.3 Å². The van der Waals surface area contributed by atoms with E-state index in [0.717, 1.165) is 34.3 Å². The van der Waals surface area contributed by atoms with Crippen LogP contribution in [0.5, 0.6) is 0 Å². The van der Waals surface area contributed by atoms with E-state index in [1.165, 1.54) is 11.8 Å². The number of thioether (sulfide) groups is 1. The fraction of sp³-hybridized carbons (Fsp3) is 0.389. The van der Waals surface area contributed by atoms with Crippen molar-refractivity contribution in [3.63, 3.8) is 0 Å². The number of hydrogen-bond acceptors (Lipinski definition) is 4. The van der Waals surface area contributed by atoms with Crippen LogP contribution in [-0.4, -0.2) is 40.0 Å². The predicted octanol–water partition coefficient (Wildman–Crippen LogP) is 2.50. The van der Waals surface area contributed by atoms with E-state index in [4.69, 9.17) is 5.73 Å². The summed E-state index contributed by atoms with van der Waals surface area (Å²) in [7, 11) is 0. The van der Waals surface area contributed by atoms with Gasteiger partial charge in [0, 0.05) is 11.9 Å². The van der Waals surface area contributed by atoms with Crippen LogP contribution in [0.4, 0.5) is 0 Å². The lowest BCUT2D eigenvalue weighted by Crippen LogP contribution is -2.51. The Balaban J connectivity index is 1.71. The van der Waals surface area contributed by atoms with Crippen LogP contribution in [0.25, 0.3) is 10.9 Å². The Hall–Kier alpha value is -2.08. The Morgan fingerprint density at radius 1 is 1.33 bits per heavy atom. The summed E-state index contributed by atoms with van der Waals surface area (Å²) in [6.07, 6.45) is 2.53. The van der Waals surface area contributed by atoms with Crippen molar-refractivity contribution in [3.05, 3.63) is 35.9 Å². The Morgan fingerprint density at radius 3 is 2.92 bits per heavy atom. The van der Waals surface area contributed by atoms with Gasteiger partial charge >= 0.3 is 0 Å². The quantitative estimate of drug-likeness (QED) is 0.866. The van der Waals surface area contributed by atoms with Gasteiger partial charge in [0.15, 0.2) is 0 Å². The molecule has 0 bridgehead atoms. The van der Waals surface area contributed by atoms with E-state index in [-0.39, 0.29) is 11.7 Å². The molecular weight excluding hydrogens is 322 g/mol. The van der Waals surface area contributed by atoms with Gasteiger partial charge in [-0.05, 0) is 43.9 Å². The fourth-order valence-corrected chi connectivity index (χ4v) is 4.00. The number of piperidine rings is 1. The first-order valence-electron chi connectivity index (χ1n) is 8.14. The molecule has 6 heteroatoms. The lowest BCUT2D eigenvalue weighted by atomic mass is 10.0. The molecule has 1 aromatic heterocycles. The van der Waals surface area contributed by atoms with Crippen LogP contribution in [0.1, 0.15) is 24.8 Å². The van der Waals surface area contributed by atoms with Crippen LogP contribution in [0, 0.1) is 6.92 Å². The van der Waals surface area contributed by atoms with Crippen molar-refractivity contribution in [1.29, 1.82) is 0 Å². The molecule has 3 rings (SSSR count). The smallest absolute Gasteiger partial charge is 0.240 e. The highest BCUT2D eigenvalue weighted by Crippen LogP contribution is 2.25. The Morgan fingerprint density at radius 2 is 2.12 bits per heavy atom. The molecule has 2 aromatic rings. The number of fused-ring (bicyclic) bond motifs is 1. The second-order valence-corrected chi connectivity index (χ2v) is 7.08. The molecule has 1 aromatic carbocycles. The zero-order valence-corrected chi connectivity index (χ0v) is 14.5. The number of carbonyl (C=O) groups is 2. The number of nitrogens with zero attached hydrogens (tertiary/aromatic N) is 2. The van der Waals surface area contributed by atoms with Gasteiger partial charge in [0.25, 0.3) is 0 Å². The third-order valence-corrected chi connectivity index (χ3v) is 5.29. The number of carbonyl (C=O) groups excluding carboxylic acids is 2. The predicted molar refractivity (Wildman–Crippen MR) is 95.8 cm³/mol. The molecule has 1 aliphatic rings. The van der Waals surface area contributed by atoms with Crippen LogP contribution >= 0.6 is 11.8 Å². The van der Waals surface area contributed by atoms with Crippen LogP contribution < -0.4 is 5.73 Å². The number of rotatable bonds is 4. The number of amides is 2. The molecule has 126 valence electrons. The number of likely N-dealkylation sites (tertiary alicyclic amines) is 1. The lowest BCUT2D eigenvalue weighted by Gasteiger charge is -2.33. The van der Waals surface area contributed by atoms with E-state index in [1.54, 1.807) is 4.90 Å². The summed E-state index contributed by atoms with van der Waals surface area (Å²) in [6.45, 7) is 2.65. The first-order valence-corrected chi connectivity index (χ1v) is 9.13. The summed E-state index contributed by atoms with van der Waals surface area (Å²) >= 11 is 1.41. The first kappa shape index (κ1) is 16.8. The van der Waals surface area contributed by atoms with Crippen molar-refractivity contribution in [1.82, 2.24) is 9.88 Å². The number of benzene rings is 1. The van der Waals surface area contributed by atoms with Crippen LogP contribution in [-0.2, 0) is 9.59 Å². The van der Waals surface area contributed by atoms with Crippen molar-refractivity contribution >= 4 is 34.5 Å². The highest BCUT2D eigenvalue weighted by molar-refractivity contribution is 7.99. The molecule has 2 heterocycles. The maximum absolute atomic E-state index is 12.5. The third-order valence-electron chi connectivity index (χ3n) is 4.39. The second-order valence-electron chi connectivity index (χ2n) is 6.08. The molecule has 2 amide bonds. The van der Waals surface area contributed by atoms with Gasteiger partial charge in [0.2, 0.25) is 11.8 Å². The van der Waals surface area contributed by atoms with Crippen LogP contribution in [0.15, 0.2) is 35.4 Å². The minimum Gasteiger partial charge on any atom is -0.368 e. The Bertz CT molecular complexity index is 778. The summed E-state index contributed by atoms with van der Waals surface area (Å²) in [6, 6.07) is 9.51. The molecule has 1 aliphatic heterocycles. The van der Waals surface area contributed by atoms with Crippen molar-refractivity contribution in [2.75, 3.05) is 12.3 Å². The molecule has 0 aliphatic carbocycles. The van der Waals surface area contributed by atoms with Gasteiger partial charge in [0.1, 0.15) is 6.04 Å². The van der Waals surface area contributed by atoms with Crippen molar-refractivity contribution in [2.24, 2.45) is 5.73 Å². The molecule has 1 fully saturated rings. The summed E-state index contributed by atoms with van der Waals surface area (Å²) in [5, 5.41) is 1.95. The van der Waals surface area contributed by atoms with Gasteiger partial charge in [-0.25, -0.2) is 4.98 Å². The zero-order chi connectivity index (χ0) is 17.1. The van der Waals surface area contributed by atoms with E-state index in [0.29, 0.717) is 13.0 Å². The Kier molecular flexibility index (Phi) is 5.04. The van der Waals surface area contributed by atoms with E-state index in [1.807, 2.05) is 37.3 Å². The molecule has 0 saturated carbocycles. The highest BCUT2D eigenvalue weighted by Gasteiger charge is 2.30. The van der Waals surface area contributed by atoms with E-state index in [9.17, 15) is 9.59 Å². The van der Waals surface area contributed by atoms with Gasteiger partial charge < -0.3 is 10.6 Å². The van der Waals surface area contributed by atoms with Crippen molar-refractivity contribution in [2.45, 2.75) is 37.3 Å². The molecule has 0 spiro atoms. The molecule has 0 radical (unpaired) electrons. The molecule has 0 unspecified atom stereocenters. The number of aryl methyl sites for hydroxylation is 1. The van der Waals surface area contributed by atoms with Gasteiger partial charge in [-0.3, -0.25) is 9.59 Å². The Labute approximate surface area is 145 Å². The average molecular weight is 343 g/mol. The van der Waals surface area contributed by atoms with Crippen molar-refractivity contribution < 1.29 is 9.59 Å². The van der Waals surface area contributed by atoms with Gasteiger partial charge in [-0.1, -0.05) is 30.0 Å². The number of para-hydroxylation sites is 1. The first-order chi connectivity index (χ1) is 11.6. The van der Waals surface area contributed by atoms with Crippen LogP contribution in [0.2, 0.25) is 0 Å². The molecule has 24 heavy (non-hydrogen) atoms. The second kappa shape index (κ2) is 7.21. The minimum atomic E-state index is -0.460. The fourth-order valence-electron chi connectivity index (χ4n) is 3.14. The SMILES string of the molecule is Cc1cc(SCC(=O)N2CCCC[C@H]2C(N)=O)nc2ccccc12. The van der Waals surface area contributed by atoms with Crippen LogP contribution in [0.3, 0.4) is 0 Å². The number of primary amides is 1. The monoisotopic (exact) mass is 343 g/mol. The summed E-state index contributed by atoms with van der Waals surface area (Å²) in [4.78, 5) is 30.3. The van der Waals surface area contributed by atoms with E-state index in [2.05, 4.69) is 4.98 Å². The zero-order valence-electron chi connectivity index (χ0n) is 13.7.